The molecule has 0 fully saturated rings. The summed E-state index contributed by atoms with van der Waals surface area (Å²) < 4.78 is 0. The van der Waals surface area contributed by atoms with Crippen molar-refractivity contribution < 1.29 is 4.79 Å². The van der Waals surface area contributed by atoms with Crippen molar-refractivity contribution in [3.05, 3.63) is 28.8 Å². The number of nitrogens with one attached hydrogen (secondary N) is 2. The van der Waals surface area contributed by atoms with Crippen LogP contribution in [0.4, 0.5) is 5.69 Å². The topological polar surface area (TPSA) is 44.4 Å². The number of nitrogens with zero attached hydrogens (tertiary/aromatic N) is 1. The molecule has 0 aliphatic heterocycles. The number of benzene rings is 1. The molecular weight excluding hydrogens is 274 g/mol. The van der Waals surface area contributed by atoms with Gasteiger partial charge in [-0.2, -0.15) is 0 Å². The van der Waals surface area contributed by atoms with Crippen molar-refractivity contribution in [2.75, 3.05) is 31.6 Å². The Hall–Kier alpha value is -1.26. The second-order valence-electron chi connectivity index (χ2n) is 4.73. The highest BCUT2D eigenvalue weighted by atomic mass is 35.5. The third-order valence-corrected chi connectivity index (χ3v) is 3.25. The molecule has 0 bridgehead atoms. The predicted octanol–water partition coefficient (Wildman–Crippen LogP) is 2.41. The molecule has 1 aromatic carbocycles. The molecule has 0 unspecified atom stereocenters. The summed E-state index contributed by atoms with van der Waals surface area (Å²) in [5.74, 6) is 0.00221. The van der Waals surface area contributed by atoms with Crippen LogP contribution >= 0.6 is 11.6 Å². The number of para-hydroxylation sites is 1. The zero-order valence-electron chi connectivity index (χ0n) is 12.5. The van der Waals surface area contributed by atoms with Gasteiger partial charge >= 0.3 is 0 Å². The molecule has 0 radical (unpaired) electrons. The summed E-state index contributed by atoms with van der Waals surface area (Å²) >= 11 is 6.30. The van der Waals surface area contributed by atoms with Gasteiger partial charge in [0.15, 0.2) is 0 Å². The van der Waals surface area contributed by atoms with E-state index in [0.29, 0.717) is 18.1 Å². The highest BCUT2D eigenvalue weighted by Gasteiger charge is 2.14. The zero-order valence-corrected chi connectivity index (χ0v) is 13.3. The van der Waals surface area contributed by atoms with Crippen LogP contribution < -0.4 is 15.5 Å². The summed E-state index contributed by atoms with van der Waals surface area (Å²) in [5.41, 5.74) is 2.03. The van der Waals surface area contributed by atoms with Gasteiger partial charge in [-0.15, -0.1) is 0 Å². The average Bonchev–Trinajstić information content (AvgIpc) is 2.39. The molecule has 0 spiro atoms. The highest BCUT2D eigenvalue weighted by molar-refractivity contribution is 6.33. The van der Waals surface area contributed by atoms with Crippen molar-refractivity contribution in [3.8, 4) is 0 Å². The summed E-state index contributed by atoms with van der Waals surface area (Å²) in [6, 6.07) is 5.83. The molecule has 0 saturated carbocycles. The number of likely N-dealkylation sites (N-methyl/N-ethyl adjacent to an activating group) is 2. The lowest BCUT2D eigenvalue weighted by atomic mass is 10.1. The number of carbonyl (C=O) groups excluding carboxylic acids is 1. The highest BCUT2D eigenvalue weighted by Crippen LogP contribution is 2.29. The average molecular weight is 298 g/mol. The van der Waals surface area contributed by atoms with Crippen LogP contribution in [-0.4, -0.2) is 32.6 Å². The molecule has 112 valence electrons. The lowest BCUT2D eigenvalue weighted by Gasteiger charge is -2.23. The number of hydrogen-bond acceptors (Lipinski definition) is 3. The molecule has 0 saturated heterocycles. The fourth-order valence-corrected chi connectivity index (χ4v) is 2.42. The van der Waals surface area contributed by atoms with Crippen molar-refractivity contribution >= 4 is 23.2 Å². The van der Waals surface area contributed by atoms with Crippen molar-refractivity contribution in [2.45, 2.75) is 26.8 Å². The largest absolute Gasteiger partial charge is 0.364 e. The van der Waals surface area contributed by atoms with Crippen LogP contribution in [0.25, 0.3) is 0 Å². The Morgan fingerprint density at radius 3 is 2.75 bits per heavy atom. The van der Waals surface area contributed by atoms with Gasteiger partial charge in [-0.05, 0) is 31.5 Å². The van der Waals surface area contributed by atoms with Gasteiger partial charge in [0.05, 0.1) is 17.3 Å². The van der Waals surface area contributed by atoms with E-state index in [9.17, 15) is 4.79 Å². The van der Waals surface area contributed by atoms with Gasteiger partial charge in [-0.3, -0.25) is 4.79 Å². The van der Waals surface area contributed by atoms with Crippen LogP contribution in [0, 0.1) is 0 Å². The van der Waals surface area contributed by atoms with E-state index in [1.165, 1.54) is 0 Å². The molecule has 0 aliphatic carbocycles. The smallest absolute Gasteiger partial charge is 0.239 e. The van der Waals surface area contributed by atoms with Gasteiger partial charge in [0, 0.05) is 20.1 Å². The Labute approximate surface area is 126 Å². The Morgan fingerprint density at radius 2 is 2.10 bits per heavy atom. The first kappa shape index (κ1) is 16.8. The number of anilines is 1. The first-order chi connectivity index (χ1) is 9.60. The van der Waals surface area contributed by atoms with Crippen molar-refractivity contribution in [1.82, 2.24) is 10.6 Å². The van der Waals surface area contributed by atoms with E-state index < -0.39 is 0 Å². The van der Waals surface area contributed by atoms with E-state index in [-0.39, 0.29) is 5.91 Å². The van der Waals surface area contributed by atoms with E-state index in [4.69, 9.17) is 11.6 Å². The fourth-order valence-electron chi connectivity index (χ4n) is 2.08. The maximum Gasteiger partial charge on any atom is 0.239 e. The van der Waals surface area contributed by atoms with Gasteiger partial charge in [0.25, 0.3) is 0 Å². The van der Waals surface area contributed by atoms with Gasteiger partial charge in [0.2, 0.25) is 5.91 Å². The number of rotatable bonds is 8. The molecule has 20 heavy (non-hydrogen) atoms. The van der Waals surface area contributed by atoms with Gasteiger partial charge in [-0.1, -0.05) is 30.7 Å². The maximum absolute atomic E-state index is 11.7. The third-order valence-electron chi connectivity index (χ3n) is 2.95. The van der Waals surface area contributed by atoms with E-state index in [1.807, 2.05) is 37.1 Å². The first-order valence-electron chi connectivity index (χ1n) is 7.06. The molecule has 1 amide bonds. The number of halogens is 1. The summed E-state index contributed by atoms with van der Waals surface area (Å²) in [6.07, 6.45) is 1.09. The molecular formula is C15H24ClN3O. The first-order valence-corrected chi connectivity index (χ1v) is 7.43. The molecule has 0 aliphatic rings. The third kappa shape index (κ3) is 5.02. The normalized spacial score (nSPS) is 10.4. The number of amides is 1. The van der Waals surface area contributed by atoms with E-state index in [2.05, 4.69) is 17.6 Å². The SMILES string of the molecule is CCCNCc1cccc(Cl)c1N(C)CC(=O)NCC. The van der Waals surface area contributed by atoms with Gasteiger partial charge in [0.1, 0.15) is 0 Å². The Balaban J connectivity index is 2.82. The minimum absolute atomic E-state index is 0.00221. The molecule has 2 N–H and O–H groups in total. The van der Waals surface area contributed by atoms with Crippen LogP contribution in [-0.2, 0) is 11.3 Å². The zero-order chi connectivity index (χ0) is 15.0. The summed E-state index contributed by atoms with van der Waals surface area (Å²) in [6.45, 7) is 6.70. The lowest BCUT2D eigenvalue weighted by molar-refractivity contribution is -0.119. The minimum Gasteiger partial charge on any atom is -0.364 e. The van der Waals surface area contributed by atoms with Crippen LogP contribution in [0.15, 0.2) is 18.2 Å². The second kappa shape index (κ2) is 8.82. The maximum atomic E-state index is 11.7. The summed E-state index contributed by atoms with van der Waals surface area (Å²) in [5, 5.41) is 6.84. The molecule has 1 aromatic rings. The Kier molecular flexibility index (Phi) is 7.41. The number of carbonyl (C=O) groups is 1. The Morgan fingerprint density at radius 1 is 1.35 bits per heavy atom. The molecule has 5 heteroatoms. The van der Waals surface area contributed by atoms with Gasteiger partial charge < -0.3 is 15.5 Å². The molecule has 4 nitrogen and oxygen atoms in total. The lowest BCUT2D eigenvalue weighted by Crippen LogP contribution is -2.35. The Bertz CT molecular complexity index is 437. The number of hydrogen-bond donors (Lipinski definition) is 2. The fraction of sp³-hybridized carbons (Fsp3) is 0.533. The molecule has 0 aromatic heterocycles. The standard InChI is InChI=1S/C15H24ClN3O/c1-4-9-17-10-12-7-6-8-13(16)15(12)19(3)11-14(20)18-5-2/h6-8,17H,4-5,9-11H2,1-3H3,(H,18,20). The summed E-state index contributed by atoms with van der Waals surface area (Å²) in [7, 11) is 1.89. The second-order valence-corrected chi connectivity index (χ2v) is 5.14. The van der Waals surface area contributed by atoms with Crippen molar-refractivity contribution in [2.24, 2.45) is 0 Å². The van der Waals surface area contributed by atoms with Crippen LogP contribution in [0.1, 0.15) is 25.8 Å². The van der Waals surface area contributed by atoms with E-state index in [0.717, 1.165) is 30.8 Å². The predicted molar refractivity (Wildman–Crippen MR) is 85.4 cm³/mol. The molecule has 1 rings (SSSR count). The minimum atomic E-state index is 0.00221. The van der Waals surface area contributed by atoms with Crippen molar-refractivity contribution in [3.63, 3.8) is 0 Å². The van der Waals surface area contributed by atoms with Crippen LogP contribution in [0.5, 0.6) is 0 Å². The monoisotopic (exact) mass is 297 g/mol. The van der Waals surface area contributed by atoms with Gasteiger partial charge in [-0.25, -0.2) is 0 Å². The van der Waals surface area contributed by atoms with Crippen LogP contribution in [0.3, 0.4) is 0 Å². The van der Waals surface area contributed by atoms with Crippen LogP contribution in [0.2, 0.25) is 5.02 Å². The quantitative estimate of drug-likeness (QED) is 0.724. The summed E-state index contributed by atoms with van der Waals surface area (Å²) in [4.78, 5) is 13.6. The molecule has 0 heterocycles. The van der Waals surface area contributed by atoms with E-state index in [1.54, 1.807) is 0 Å². The molecule has 0 atom stereocenters. The van der Waals surface area contributed by atoms with Crippen molar-refractivity contribution in [1.29, 1.82) is 0 Å². The van der Waals surface area contributed by atoms with E-state index >= 15 is 0 Å².